The number of aryl methyl sites for hydroxylation is 1. The van der Waals surface area contributed by atoms with Gasteiger partial charge in [0.05, 0.1) is 0 Å². The quantitative estimate of drug-likeness (QED) is 0.759. The van der Waals surface area contributed by atoms with Crippen molar-refractivity contribution in [1.82, 2.24) is 0 Å². The summed E-state index contributed by atoms with van der Waals surface area (Å²) in [5.41, 5.74) is 1.58. The monoisotopic (exact) mass is 282 g/mol. The zero-order chi connectivity index (χ0) is 14.5. The normalized spacial score (nSPS) is 11.6. The van der Waals surface area contributed by atoms with Gasteiger partial charge in [0.15, 0.2) is 0 Å². The Kier molecular flexibility index (Phi) is 5.43. The van der Waals surface area contributed by atoms with Crippen molar-refractivity contribution in [2.75, 3.05) is 6.61 Å². The first-order valence-electron chi connectivity index (χ1n) is 6.06. The number of hydrogen-bond acceptors (Lipinski definition) is 3. The Morgan fingerprint density at radius 1 is 1.37 bits per heavy atom. The fourth-order valence-electron chi connectivity index (χ4n) is 1.40. The molecule has 0 atom stereocenters. The van der Waals surface area contributed by atoms with E-state index >= 15 is 0 Å². The third-order valence-corrected chi connectivity index (χ3v) is 2.45. The van der Waals surface area contributed by atoms with Gasteiger partial charge in [0, 0.05) is 5.02 Å². The standard InChI is InChI=1S/C15H19ClO3/c1-11-10-13(16)8-7-12(11)6-5-9-18-14(17)19-15(2,3)4/h5-8,10H,9H2,1-4H3. The molecule has 104 valence electrons. The SMILES string of the molecule is Cc1cc(Cl)ccc1C=CCOC(=O)OC(C)(C)C. The average Bonchev–Trinajstić information content (AvgIpc) is 2.24. The summed E-state index contributed by atoms with van der Waals surface area (Å²) in [6, 6.07) is 5.63. The molecule has 4 heteroatoms. The molecule has 0 aromatic heterocycles. The summed E-state index contributed by atoms with van der Waals surface area (Å²) in [6.07, 6.45) is 2.99. The zero-order valence-corrected chi connectivity index (χ0v) is 12.5. The molecular formula is C15H19ClO3. The first-order valence-corrected chi connectivity index (χ1v) is 6.44. The van der Waals surface area contributed by atoms with Gasteiger partial charge in [-0.3, -0.25) is 0 Å². The summed E-state index contributed by atoms with van der Waals surface area (Å²) in [5.74, 6) is 0. The Morgan fingerprint density at radius 3 is 2.63 bits per heavy atom. The summed E-state index contributed by atoms with van der Waals surface area (Å²) in [7, 11) is 0. The summed E-state index contributed by atoms with van der Waals surface area (Å²) in [5, 5.41) is 0.708. The van der Waals surface area contributed by atoms with E-state index in [1.165, 1.54) is 0 Å². The smallest absolute Gasteiger partial charge is 0.430 e. The van der Waals surface area contributed by atoms with Crippen LogP contribution in [0.3, 0.4) is 0 Å². The van der Waals surface area contributed by atoms with E-state index in [0.717, 1.165) is 11.1 Å². The maximum atomic E-state index is 11.3. The second kappa shape index (κ2) is 6.62. The summed E-state index contributed by atoms with van der Waals surface area (Å²) in [4.78, 5) is 11.3. The highest BCUT2D eigenvalue weighted by molar-refractivity contribution is 6.30. The van der Waals surface area contributed by atoms with Gasteiger partial charge in [-0.15, -0.1) is 0 Å². The molecule has 0 saturated heterocycles. The molecule has 0 heterocycles. The van der Waals surface area contributed by atoms with Crippen LogP contribution in [-0.2, 0) is 9.47 Å². The molecule has 1 aromatic carbocycles. The molecule has 0 aliphatic heterocycles. The molecule has 3 nitrogen and oxygen atoms in total. The van der Waals surface area contributed by atoms with E-state index in [-0.39, 0.29) is 6.61 Å². The Hall–Kier alpha value is -1.48. The Bertz CT molecular complexity index is 473. The van der Waals surface area contributed by atoms with Crippen LogP contribution in [0.15, 0.2) is 24.3 Å². The van der Waals surface area contributed by atoms with Crippen molar-refractivity contribution in [1.29, 1.82) is 0 Å². The molecule has 0 spiro atoms. The van der Waals surface area contributed by atoms with E-state index < -0.39 is 11.8 Å². The second-order valence-electron chi connectivity index (χ2n) is 5.18. The van der Waals surface area contributed by atoms with Crippen LogP contribution in [0.2, 0.25) is 5.02 Å². The van der Waals surface area contributed by atoms with Crippen LogP contribution >= 0.6 is 11.6 Å². The number of carbonyl (C=O) groups excluding carboxylic acids is 1. The second-order valence-corrected chi connectivity index (χ2v) is 5.62. The van der Waals surface area contributed by atoms with Crippen molar-refractivity contribution < 1.29 is 14.3 Å². The summed E-state index contributed by atoms with van der Waals surface area (Å²) >= 11 is 5.87. The molecule has 0 amide bonds. The summed E-state index contributed by atoms with van der Waals surface area (Å²) < 4.78 is 9.95. The van der Waals surface area contributed by atoms with Crippen LogP contribution < -0.4 is 0 Å². The minimum atomic E-state index is -0.662. The van der Waals surface area contributed by atoms with Gasteiger partial charge in [0.25, 0.3) is 0 Å². The van der Waals surface area contributed by atoms with Crippen LogP contribution in [0.4, 0.5) is 4.79 Å². The molecule has 0 saturated carbocycles. The highest BCUT2D eigenvalue weighted by atomic mass is 35.5. The van der Waals surface area contributed by atoms with Crippen molar-refractivity contribution in [3.05, 3.63) is 40.4 Å². The number of carbonyl (C=O) groups is 1. The maximum Gasteiger partial charge on any atom is 0.509 e. The fourth-order valence-corrected chi connectivity index (χ4v) is 1.62. The molecule has 0 unspecified atom stereocenters. The van der Waals surface area contributed by atoms with Gasteiger partial charge >= 0.3 is 6.16 Å². The van der Waals surface area contributed by atoms with Crippen LogP contribution in [0.5, 0.6) is 0 Å². The first-order chi connectivity index (χ1) is 8.78. The predicted molar refractivity (Wildman–Crippen MR) is 77.4 cm³/mol. The Morgan fingerprint density at radius 2 is 2.05 bits per heavy atom. The lowest BCUT2D eigenvalue weighted by atomic mass is 10.1. The minimum absolute atomic E-state index is 0.178. The predicted octanol–water partition coefficient (Wildman–Crippen LogP) is 4.61. The zero-order valence-electron chi connectivity index (χ0n) is 11.7. The van der Waals surface area contributed by atoms with Crippen molar-refractivity contribution >= 4 is 23.8 Å². The molecule has 0 radical (unpaired) electrons. The van der Waals surface area contributed by atoms with Crippen molar-refractivity contribution in [2.45, 2.75) is 33.3 Å². The van der Waals surface area contributed by atoms with Crippen molar-refractivity contribution in [2.24, 2.45) is 0 Å². The molecule has 0 bridgehead atoms. The maximum absolute atomic E-state index is 11.3. The lowest BCUT2D eigenvalue weighted by Gasteiger charge is -2.18. The third kappa shape index (κ3) is 6.30. The average molecular weight is 283 g/mol. The molecule has 0 aliphatic carbocycles. The van der Waals surface area contributed by atoms with E-state index in [4.69, 9.17) is 21.1 Å². The van der Waals surface area contributed by atoms with Crippen LogP contribution in [0.1, 0.15) is 31.9 Å². The summed E-state index contributed by atoms with van der Waals surface area (Å²) in [6.45, 7) is 7.53. The van der Waals surface area contributed by atoms with Crippen LogP contribution in [0, 0.1) is 6.92 Å². The highest BCUT2D eigenvalue weighted by Gasteiger charge is 2.16. The number of benzene rings is 1. The largest absolute Gasteiger partial charge is 0.509 e. The highest BCUT2D eigenvalue weighted by Crippen LogP contribution is 2.16. The van der Waals surface area contributed by atoms with Crippen molar-refractivity contribution in [3.63, 3.8) is 0 Å². The van der Waals surface area contributed by atoms with E-state index in [2.05, 4.69) is 0 Å². The third-order valence-electron chi connectivity index (χ3n) is 2.22. The lowest BCUT2D eigenvalue weighted by Crippen LogP contribution is -2.24. The van der Waals surface area contributed by atoms with E-state index in [0.29, 0.717) is 5.02 Å². The van der Waals surface area contributed by atoms with E-state index in [9.17, 15) is 4.79 Å². The molecule has 1 rings (SSSR count). The number of rotatable bonds is 3. The van der Waals surface area contributed by atoms with Gasteiger partial charge in [0.2, 0.25) is 0 Å². The van der Waals surface area contributed by atoms with Gasteiger partial charge in [0.1, 0.15) is 12.2 Å². The molecule has 19 heavy (non-hydrogen) atoms. The number of ether oxygens (including phenoxy) is 2. The van der Waals surface area contributed by atoms with Crippen molar-refractivity contribution in [3.8, 4) is 0 Å². The van der Waals surface area contributed by atoms with Crippen LogP contribution in [0.25, 0.3) is 6.08 Å². The van der Waals surface area contributed by atoms with E-state index in [1.54, 1.807) is 26.8 Å². The van der Waals surface area contributed by atoms with Gasteiger partial charge in [-0.25, -0.2) is 4.79 Å². The molecule has 0 aliphatic rings. The van der Waals surface area contributed by atoms with Gasteiger partial charge in [-0.2, -0.15) is 0 Å². The van der Waals surface area contributed by atoms with Gasteiger partial charge in [-0.05, 0) is 57.0 Å². The Balaban J connectivity index is 2.44. The Labute approximate surface area is 119 Å². The van der Waals surface area contributed by atoms with Gasteiger partial charge in [-0.1, -0.05) is 23.7 Å². The molecule has 0 N–H and O–H groups in total. The fraction of sp³-hybridized carbons (Fsp3) is 0.400. The minimum Gasteiger partial charge on any atom is -0.430 e. The number of halogens is 1. The topological polar surface area (TPSA) is 35.5 Å². The number of hydrogen-bond donors (Lipinski definition) is 0. The van der Waals surface area contributed by atoms with Crippen LogP contribution in [-0.4, -0.2) is 18.4 Å². The molecular weight excluding hydrogens is 264 g/mol. The molecule has 0 fully saturated rings. The lowest BCUT2D eigenvalue weighted by molar-refractivity contribution is -0.00234. The first kappa shape index (κ1) is 15.6. The van der Waals surface area contributed by atoms with E-state index in [1.807, 2.05) is 31.2 Å². The molecule has 1 aromatic rings. The van der Waals surface area contributed by atoms with Gasteiger partial charge < -0.3 is 9.47 Å².